The van der Waals surface area contributed by atoms with Crippen molar-refractivity contribution in [3.63, 3.8) is 0 Å². The van der Waals surface area contributed by atoms with Gasteiger partial charge in [0.2, 0.25) is 0 Å². The molecule has 2 aliphatic heterocycles. The van der Waals surface area contributed by atoms with Crippen molar-refractivity contribution < 1.29 is 14.6 Å². The first-order valence-corrected chi connectivity index (χ1v) is 10.0. The van der Waals surface area contributed by atoms with Gasteiger partial charge >= 0.3 is 5.97 Å². The van der Waals surface area contributed by atoms with Crippen molar-refractivity contribution in [2.24, 2.45) is 0 Å². The number of fused-ring (bicyclic) bond motifs is 7. The van der Waals surface area contributed by atoms with Crippen LogP contribution in [0.5, 0.6) is 0 Å². The van der Waals surface area contributed by atoms with Gasteiger partial charge in [0.1, 0.15) is 11.7 Å². The van der Waals surface area contributed by atoms with Gasteiger partial charge in [0, 0.05) is 42.7 Å². The maximum atomic E-state index is 12.5. The summed E-state index contributed by atoms with van der Waals surface area (Å²) in [5, 5.41) is 9.41. The Morgan fingerprint density at radius 2 is 2.10 bits per heavy atom. The number of hydrogen-bond acceptors (Lipinski definition) is 4. The van der Waals surface area contributed by atoms with Gasteiger partial charge in [0.15, 0.2) is 5.43 Å². The van der Waals surface area contributed by atoms with Crippen LogP contribution in [-0.2, 0) is 11.2 Å². The summed E-state index contributed by atoms with van der Waals surface area (Å²) in [6, 6.07) is 13.7. The fraction of sp³-hybridized carbons (Fsp3) is 0.208. The number of nitrogens with zero attached hydrogens (tertiary/aromatic N) is 2. The van der Waals surface area contributed by atoms with Crippen molar-refractivity contribution in [2.45, 2.75) is 25.0 Å². The van der Waals surface area contributed by atoms with E-state index in [9.17, 15) is 14.7 Å². The second-order valence-corrected chi connectivity index (χ2v) is 7.95. The van der Waals surface area contributed by atoms with Crippen molar-refractivity contribution in [2.75, 3.05) is 6.61 Å². The van der Waals surface area contributed by atoms with E-state index in [0.29, 0.717) is 13.0 Å². The number of carboxylic acids is 1. The topological polar surface area (TPSA) is 81.4 Å². The predicted octanol–water partition coefficient (Wildman–Crippen LogP) is 3.42. The molecule has 0 spiro atoms. The molecule has 6 heteroatoms. The molecule has 3 aliphatic rings. The second kappa shape index (κ2) is 6.24. The number of ether oxygens (including phenoxy) is 1. The smallest absolute Gasteiger partial charge is 0.341 e. The third-order valence-electron chi connectivity index (χ3n) is 6.37. The number of rotatable bonds is 2. The van der Waals surface area contributed by atoms with Crippen LogP contribution in [0.25, 0.3) is 22.4 Å². The Labute approximate surface area is 172 Å². The van der Waals surface area contributed by atoms with Crippen LogP contribution < -0.4 is 5.43 Å². The molecular weight excluding hydrogens is 380 g/mol. The second-order valence-electron chi connectivity index (χ2n) is 7.95. The van der Waals surface area contributed by atoms with Gasteiger partial charge < -0.3 is 14.4 Å². The molecule has 0 unspecified atom stereocenters. The average Bonchev–Trinajstić information content (AvgIpc) is 3.38. The highest BCUT2D eigenvalue weighted by atomic mass is 16.5. The van der Waals surface area contributed by atoms with E-state index in [4.69, 9.17) is 4.74 Å². The molecule has 1 saturated heterocycles. The van der Waals surface area contributed by atoms with Gasteiger partial charge in [-0.1, -0.05) is 18.2 Å². The van der Waals surface area contributed by atoms with E-state index in [1.165, 1.54) is 17.8 Å². The molecule has 1 fully saturated rings. The van der Waals surface area contributed by atoms with Gasteiger partial charge in [-0.2, -0.15) is 0 Å². The number of hydrogen-bond donors (Lipinski definition) is 1. The number of benzene rings is 1. The van der Waals surface area contributed by atoms with Crippen molar-refractivity contribution >= 4 is 17.1 Å². The molecule has 1 aliphatic carbocycles. The van der Waals surface area contributed by atoms with Crippen LogP contribution in [-0.4, -0.2) is 33.3 Å². The molecule has 0 saturated carbocycles. The highest BCUT2D eigenvalue weighted by molar-refractivity contribution is 6.00. The summed E-state index contributed by atoms with van der Waals surface area (Å²) in [7, 11) is 0. The van der Waals surface area contributed by atoms with Crippen LogP contribution >= 0.6 is 0 Å². The minimum Gasteiger partial charge on any atom is -0.477 e. The number of aromatic nitrogens is 2. The maximum absolute atomic E-state index is 12.5. The minimum atomic E-state index is -1.19. The molecule has 3 aromatic rings. The Morgan fingerprint density at radius 3 is 2.90 bits per heavy atom. The number of carboxylic acid groups (broad SMARTS) is 1. The molecule has 1 N–H and O–H groups in total. The van der Waals surface area contributed by atoms with Gasteiger partial charge in [0.05, 0.1) is 11.7 Å². The van der Waals surface area contributed by atoms with Crippen LogP contribution in [0.1, 0.15) is 39.6 Å². The fourth-order valence-electron chi connectivity index (χ4n) is 5.06. The number of aromatic carboxylic acids is 1. The summed E-state index contributed by atoms with van der Waals surface area (Å²) < 4.78 is 8.06. The van der Waals surface area contributed by atoms with Crippen LogP contribution in [0.2, 0.25) is 0 Å². The quantitative estimate of drug-likeness (QED) is 0.715. The number of pyridine rings is 2. The van der Waals surface area contributed by atoms with Gasteiger partial charge in [-0.25, -0.2) is 4.79 Å². The molecule has 30 heavy (non-hydrogen) atoms. The molecule has 1 aromatic carbocycles. The molecule has 2 aromatic heterocycles. The Kier molecular flexibility index (Phi) is 3.61. The van der Waals surface area contributed by atoms with Gasteiger partial charge in [0.25, 0.3) is 0 Å². The average molecular weight is 398 g/mol. The predicted molar refractivity (Wildman–Crippen MR) is 111 cm³/mol. The van der Waals surface area contributed by atoms with E-state index >= 15 is 0 Å². The summed E-state index contributed by atoms with van der Waals surface area (Å²) in [5.74, 6) is -1.19. The molecular formula is C24H18N2O4. The number of allylic oxidation sites excluding steroid dienone is 1. The Balaban J connectivity index is 1.52. The molecule has 0 bridgehead atoms. The zero-order chi connectivity index (χ0) is 20.4. The summed E-state index contributed by atoms with van der Waals surface area (Å²) in [5.41, 5.74) is 6.66. The van der Waals surface area contributed by atoms with Crippen molar-refractivity contribution in [3.05, 3.63) is 87.5 Å². The molecule has 148 valence electrons. The highest BCUT2D eigenvalue weighted by Crippen LogP contribution is 2.50. The molecule has 6 rings (SSSR count). The molecule has 0 amide bonds. The zero-order valence-corrected chi connectivity index (χ0v) is 16.0. The van der Waals surface area contributed by atoms with E-state index in [0.717, 1.165) is 40.1 Å². The van der Waals surface area contributed by atoms with Gasteiger partial charge in [-0.15, -0.1) is 0 Å². The van der Waals surface area contributed by atoms with Crippen LogP contribution in [0.4, 0.5) is 0 Å². The number of carbonyl (C=O) groups is 1. The van der Waals surface area contributed by atoms with E-state index < -0.39 is 11.4 Å². The monoisotopic (exact) mass is 398 g/mol. The van der Waals surface area contributed by atoms with E-state index in [1.807, 2.05) is 22.8 Å². The maximum Gasteiger partial charge on any atom is 0.341 e. The van der Waals surface area contributed by atoms with Gasteiger partial charge in [-0.05, 0) is 46.9 Å². The third-order valence-corrected chi connectivity index (χ3v) is 6.37. The lowest BCUT2D eigenvalue weighted by Gasteiger charge is -2.32. The van der Waals surface area contributed by atoms with Crippen molar-refractivity contribution in [1.29, 1.82) is 0 Å². The largest absolute Gasteiger partial charge is 0.477 e. The normalized spacial score (nSPS) is 21.1. The summed E-state index contributed by atoms with van der Waals surface area (Å²) in [6.45, 7) is 0.613. The van der Waals surface area contributed by atoms with Crippen LogP contribution in [0.3, 0.4) is 0 Å². The van der Waals surface area contributed by atoms with E-state index in [-0.39, 0.29) is 17.7 Å². The third kappa shape index (κ3) is 2.37. The minimum absolute atomic E-state index is 0.00105. The summed E-state index contributed by atoms with van der Waals surface area (Å²) in [6.07, 6.45) is 4.63. The fourth-order valence-corrected chi connectivity index (χ4v) is 5.06. The van der Waals surface area contributed by atoms with Gasteiger partial charge in [-0.3, -0.25) is 9.78 Å². The SMILES string of the molecule is O=C(O)c1cn2c(cc1=O)C1=C(c3ccc(-c4ccccn4)cc3C1)[C@H]1OCC[C@H]12. The standard InChI is InChI=1S/C24H18N2O4/c27-21-11-20-16-10-14-9-13(18-3-1-2-7-25-18)4-5-15(14)22(16)23-19(6-8-30-23)26(20)12-17(21)24(28)29/h1-5,7,9,11-12,19,23H,6,8,10H2,(H,28,29)/t19-,23+/m1/s1. The van der Waals surface area contributed by atoms with E-state index in [2.05, 4.69) is 23.2 Å². The van der Waals surface area contributed by atoms with Crippen molar-refractivity contribution in [1.82, 2.24) is 9.55 Å². The molecule has 6 nitrogen and oxygen atoms in total. The first-order valence-electron chi connectivity index (χ1n) is 10.0. The first-order chi connectivity index (χ1) is 14.6. The summed E-state index contributed by atoms with van der Waals surface area (Å²) >= 11 is 0. The highest BCUT2D eigenvalue weighted by Gasteiger charge is 2.43. The lowest BCUT2D eigenvalue weighted by molar-refractivity contribution is 0.0693. The van der Waals surface area contributed by atoms with E-state index in [1.54, 1.807) is 6.20 Å². The first kappa shape index (κ1) is 17.4. The Morgan fingerprint density at radius 1 is 1.20 bits per heavy atom. The van der Waals surface area contributed by atoms with Crippen LogP contribution in [0.15, 0.2) is 59.7 Å². The Hall–Kier alpha value is -3.51. The lowest BCUT2D eigenvalue weighted by atomic mass is 9.89. The Bertz CT molecular complexity index is 1310. The van der Waals surface area contributed by atoms with Crippen molar-refractivity contribution in [3.8, 4) is 11.3 Å². The molecule has 4 heterocycles. The molecule has 0 radical (unpaired) electrons. The lowest BCUT2D eigenvalue weighted by Crippen LogP contribution is -2.31. The molecule has 2 atom stereocenters. The summed E-state index contributed by atoms with van der Waals surface area (Å²) in [4.78, 5) is 28.4. The zero-order valence-electron chi connectivity index (χ0n) is 16.0. The van der Waals surface area contributed by atoms with Crippen LogP contribution in [0, 0.1) is 0 Å².